The van der Waals surface area contributed by atoms with Crippen LogP contribution in [0, 0.1) is 0 Å². The Labute approximate surface area is 219 Å². The van der Waals surface area contributed by atoms with Crippen LogP contribution in [0.3, 0.4) is 0 Å². The van der Waals surface area contributed by atoms with Gasteiger partial charge in [0.15, 0.2) is 0 Å². The van der Waals surface area contributed by atoms with E-state index in [-0.39, 0.29) is 0 Å². The fraction of sp³-hybridized carbons (Fsp3) is 0.0556. The van der Waals surface area contributed by atoms with Crippen molar-refractivity contribution < 1.29 is 0 Å². The molecule has 9 rings (SSSR count). The minimum atomic E-state index is 0.384. The summed E-state index contributed by atoms with van der Waals surface area (Å²) in [6.07, 6.45) is 0. The Kier molecular flexibility index (Phi) is 3.99. The van der Waals surface area contributed by atoms with Crippen molar-refractivity contribution in [1.82, 2.24) is 9.88 Å². The first-order valence-electron chi connectivity index (χ1n) is 13.4. The summed E-state index contributed by atoms with van der Waals surface area (Å²) in [7, 11) is 0. The van der Waals surface area contributed by atoms with Crippen molar-refractivity contribution in [2.45, 2.75) is 6.04 Å². The molecule has 2 heteroatoms. The van der Waals surface area contributed by atoms with Crippen LogP contribution < -0.4 is 5.32 Å². The minimum absolute atomic E-state index is 0.384. The van der Waals surface area contributed by atoms with Crippen LogP contribution in [-0.4, -0.2) is 11.1 Å². The van der Waals surface area contributed by atoms with Crippen molar-refractivity contribution in [3.8, 4) is 5.69 Å². The highest BCUT2D eigenvalue weighted by Crippen LogP contribution is 2.45. The Balaban J connectivity index is 1.60. The zero-order valence-electron chi connectivity index (χ0n) is 20.8. The van der Waals surface area contributed by atoms with E-state index in [1.807, 2.05) is 0 Å². The quantitative estimate of drug-likeness (QED) is 0.192. The third-order valence-electron chi connectivity index (χ3n) is 8.42. The number of rotatable bonds is 2. The first-order chi connectivity index (χ1) is 18.8. The molecule has 8 aromatic rings. The highest BCUT2D eigenvalue weighted by atomic mass is 15.1. The van der Waals surface area contributed by atoms with Crippen molar-refractivity contribution in [2.24, 2.45) is 0 Å². The van der Waals surface area contributed by atoms with Crippen molar-refractivity contribution in [2.75, 3.05) is 6.54 Å². The van der Waals surface area contributed by atoms with Crippen LogP contribution >= 0.6 is 0 Å². The maximum atomic E-state index is 3.64. The zero-order valence-corrected chi connectivity index (χ0v) is 20.8. The number of para-hydroxylation sites is 2. The molecule has 0 saturated carbocycles. The Morgan fingerprint density at radius 1 is 0.474 bits per heavy atom. The van der Waals surface area contributed by atoms with Crippen LogP contribution in [0.1, 0.15) is 11.6 Å². The van der Waals surface area contributed by atoms with Gasteiger partial charge in [0, 0.05) is 34.1 Å². The summed E-state index contributed by atoms with van der Waals surface area (Å²) in [6.45, 7) is 1.03. The minimum Gasteiger partial charge on any atom is -0.308 e. The molecular formula is C36H24N2. The highest BCUT2D eigenvalue weighted by molar-refractivity contribution is 6.20. The molecule has 0 radical (unpaired) electrons. The molecule has 1 aliphatic heterocycles. The standard InChI is InChI=1S/C36H24N2/c1-3-11-24-19-30-28(17-22(24)9-1)35(32-21-37-32)29-18-23-10-2-4-12-25(23)20-31(29)36(30)38-33-15-7-5-13-26(33)27-14-6-8-16-34(27)38/h1-20,32,37H,21H2. The fourth-order valence-corrected chi connectivity index (χ4v) is 6.65. The number of aromatic nitrogens is 1. The zero-order chi connectivity index (χ0) is 24.8. The van der Waals surface area contributed by atoms with Gasteiger partial charge in [0.05, 0.1) is 16.7 Å². The van der Waals surface area contributed by atoms with Gasteiger partial charge in [-0.1, -0.05) is 84.9 Å². The molecule has 0 spiro atoms. The molecule has 1 saturated heterocycles. The van der Waals surface area contributed by atoms with E-state index < -0.39 is 0 Å². The van der Waals surface area contributed by atoms with Crippen LogP contribution in [0.25, 0.3) is 70.6 Å². The predicted molar refractivity (Wildman–Crippen MR) is 162 cm³/mol. The average Bonchev–Trinajstić information content (AvgIpc) is 3.76. The van der Waals surface area contributed by atoms with Crippen molar-refractivity contribution in [3.05, 3.63) is 127 Å². The van der Waals surface area contributed by atoms with E-state index in [4.69, 9.17) is 0 Å². The van der Waals surface area contributed by atoms with Crippen LogP contribution in [-0.2, 0) is 0 Å². The number of fused-ring (bicyclic) bond motifs is 7. The molecular weight excluding hydrogens is 460 g/mol. The molecule has 1 unspecified atom stereocenters. The lowest BCUT2D eigenvalue weighted by atomic mass is 9.89. The monoisotopic (exact) mass is 484 g/mol. The van der Waals surface area contributed by atoms with E-state index in [1.54, 1.807) is 0 Å². The molecule has 2 heterocycles. The second-order valence-corrected chi connectivity index (χ2v) is 10.6. The SMILES string of the molecule is c1ccc2cc3c(-n4c5ccccc5c5ccccc54)c4cc5ccccc5cc4c(C4CN4)c3cc2c1. The fourth-order valence-electron chi connectivity index (χ4n) is 6.65. The Bertz CT molecular complexity index is 2100. The van der Waals surface area contributed by atoms with Crippen molar-refractivity contribution >= 4 is 64.9 Å². The van der Waals surface area contributed by atoms with Crippen LogP contribution in [0.15, 0.2) is 121 Å². The summed E-state index contributed by atoms with van der Waals surface area (Å²) in [6, 6.07) is 45.3. The molecule has 0 bridgehead atoms. The molecule has 1 aliphatic rings. The topological polar surface area (TPSA) is 26.9 Å². The third kappa shape index (κ3) is 2.75. The molecule has 178 valence electrons. The summed E-state index contributed by atoms with van der Waals surface area (Å²) in [5.41, 5.74) is 5.19. The average molecular weight is 485 g/mol. The second kappa shape index (κ2) is 7.44. The Hall–Kier alpha value is -4.66. The van der Waals surface area contributed by atoms with E-state index in [2.05, 4.69) is 131 Å². The number of nitrogens with zero attached hydrogens (tertiary/aromatic N) is 1. The van der Waals surface area contributed by atoms with Gasteiger partial charge in [-0.2, -0.15) is 0 Å². The predicted octanol–water partition coefficient (Wildman–Crippen LogP) is 9.04. The van der Waals surface area contributed by atoms with Crippen LogP contribution in [0.2, 0.25) is 0 Å². The Morgan fingerprint density at radius 2 is 0.868 bits per heavy atom. The van der Waals surface area contributed by atoms with Gasteiger partial charge in [-0.25, -0.2) is 0 Å². The molecule has 7 aromatic carbocycles. The summed E-state index contributed by atoms with van der Waals surface area (Å²) in [4.78, 5) is 0. The number of nitrogens with one attached hydrogen (secondary N) is 1. The second-order valence-electron chi connectivity index (χ2n) is 10.6. The maximum absolute atomic E-state index is 3.64. The van der Waals surface area contributed by atoms with E-state index in [1.165, 1.54) is 76.1 Å². The summed E-state index contributed by atoms with van der Waals surface area (Å²) < 4.78 is 2.52. The number of benzene rings is 7. The van der Waals surface area contributed by atoms with Gasteiger partial charge in [0.2, 0.25) is 0 Å². The largest absolute Gasteiger partial charge is 0.308 e. The maximum Gasteiger partial charge on any atom is 0.0619 e. The van der Waals surface area contributed by atoms with E-state index >= 15 is 0 Å². The summed E-state index contributed by atoms with van der Waals surface area (Å²) in [5, 5.41) is 16.6. The lowest BCUT2D eigenvalue weighted by Gasteiger charge is -2.20. The Morgan fingerprint density at radius 3 is 1.32 bits per heavy atom. The number of hydrogen-bond acceptors (Lipinski definition) is 1. The van der Waals surface area contributed by atoms with Gasteiger partial charge in [0.25, 0.3) is 0 Å². The van der Waals surface area contributed by atoms with E-state index in [0.717, 1.165) is 6.54 Å². The molecule has 38 heavy (non-hydrogen) atoms. The van der Waals surface area contributed by atoms with Gasteiger partial charge in [-0.05, 0) is 74.3 Å². The van der Waals surface area contributed by atoms with Crippen molar-refractivity contribution in [3.63, 3.8) is 0 Å². The van der Waals surface area contributed by atoms with Gasteiger partial charge in [0.1, 0.15) is 0 Å². The molecule has 2 nitrogen and oxygen atoms in total. The molecule has 1 aromatic heterocycles. The molecule has 0 amide bonds. The highest BCUT2D eigenvalue weighted by Gasteiger charge is 2.29. The van der Waals surface area contributed by atoms with Gasteiger partial charge in [-0.15, -0.1) is 0 Å². The van der Waals surface area contributed by atoms with Gasteiger partial charge >= 0.3 is 0 Å². The summed E-state index contributed by atoms with van der Waals surface area (Å²) >= 11 is 0. The number of hydrogen-bond donors (Lipinski definition) is 1. The van der Waals surface area contributed by atoms with Crippen LogP contribution in [0.4, 0.5) is 0 Å². The van der Waals surface area contributed by atoms with Crippen LogP contribution in [0.5, 0.6) is 0 Å². The van der Waals surface area contributed by atoms with Crippen molar-refractivity contribution in [1.29, 1.82) is 0 Å². The first-order valence-corrected chi connectivity index (χ1v) is 13.4. The molecule has 1 atom stereocenters. The smallest absolute Gasteiger partial charge is 0.0619 e. The lowest BCUT2D eigenvalue weighted by molar-refractivity contribution is 1.11. The normalized spacial score (nSPS) is 15.4. The molecule has 0 aliphatic carbocycles. The first kappa shape index (κ1) is 20.4. The van der Waals surface area contributed by atoms with E-state index in [0.29, 0.717) is 6.04 Å². The van der Waals surface area contributed by atoms with Gasteiger partial charge < -0.3 is 9.88 Å². The molecule has 1 N–H and O–H groups in total. The third-order valence-corrected chi connectivity index (χ3v) is 8.42. The van der Waals surface area contributed by atoms with Gasteiger partial charge in [-0.3, -0.25) is 0 Å². The van der Waals surface area contributed by atoms with E-state index in [9.17, 15) is 0 Å². The lowest BCUT2D eigenvalue weighted by Crippen LogP contribution is -2.01. The summed E-state index contributed by atoms with van der Waals surface area (Å²) in [5.74, 6) is 0. The molecule has 1 fully saturated rings.